The normalized spacial score (nSPS) is 17.9. The molecule has 1 aliphatic carbocycles. The van der Waals surface area contributed by atoms with Crippen LogP contribution in [0.5, 0.6) is 0 Å². The highest BCUT2D eigenvalue weighted by Gasteiger charge is 2.45. The molecule has 88 valence electrons. The maximum absolute atomic E-state index is 11.5. The summed E-state index contributed by atoms with van der Waals surface area (Å²) in [4.78, 5) is 13.8. The molecule has 0 unspecified atom stereocenters. The fraction of sp³-hybridized carbons (Fsp3) is 0.909. The van der Waals surface area contributed by atoms with Crippen molar-refractivity contribution in [1.29, 1.82) is 0 Å². The number of likely N-dealkylation sites (N-methyl/N-ethyl adjacent to an activating group) is 1. The first-order valence-corrected chi connectivity index (χ1v) is 5.92. The maximum atomic E-state index is 11.5. The quantitative estimate of drug-likeness (QED) is 0.640. The molecule has 0 bridgehead atoms. The number of carbonyl (C=O) groups is 1. The average Bonchev–Trinajstić information content (AvgIpc) is 2.96. The van der Waals surface area contributed by atoms with Crippen molar-refractivity contribution < 1.29 is 4.79 Å². The topological polar surface area (TPSA) is 58.4 Å². The summed E-state index contributed by atoms with van der Waals surface area (Å²) < 4.78 is 0. The van der Waals surface area contributed by atoms with E-state index < -0.39 is 5.54 Å². The zero-order valence-electron chi connectivity index (χ0n) is 9.88. The van der Waals surface area contributed by atoms with Crippen LogP contribution in [-0.4, -0.2) is 42.5 Å². The number of nitrogens with one attached hydrogen (secondary N) is 1. The molecule has 4 nitrogen and oxygen atoms in total. The first-order valence-electron chi connectivity index (χ1n) is 5.92. The molecular weight excluding hydrogens is 190 g/mol. The Kier molecular flexibility index (Phi) is 4.54. The summed E-state index contributed by atoms with van der Waals surface area (Å²) in [6.45, 7) is 8.08. The predicted molar refractivity (Wildman–Crippen MR) is 61.6 cm³/mol. The molecule has 0 aliphatic heterocycles. The molecule has 0 aromatic carbocycles. The van der Waals surface area contributed by atoms with Crippen molar-refractivity contribution in [2.24, 2.45) is 5.73 Å². The SMILES string of the molecule is CCCN(CC)CCNC(=O)C1(N)CC1. The standard InChI is InChI=1S/C11H23N3O/c1-3-8-14(4-2)9-7-13-10(15)11(12)5-6-11/h3-9,12H2,1-2H3,(H,13,15). The lowest BCUT2D eigenvalue weighted by atomic mass is 10.3. The molecule has 0 saturated heterocycles. The molecule has 4 heteroatoms. The molecule has 3 N–H and O–H groups in total. The van der Waals surface area contributed by atoms with Crippen LogP contribution in [0.4, 0.5) is 0 Å². The van der Waals surface area contributed by atoms with E-state index >= 15 is 0 Å². The number of hydrogen-bond donors (Lipinski definition) is 2. The summed E-state index contributed by atoms with van der Waals surface area (Å²) >= 11 is 0. The Labute approximate surface area is 92.2 Å². The Balaban J connectivity index is 2.11. The van der Waals surface area contributed by atoms with Gasteiger partial charge in [0.2, 0.25) is 5.91 Å². The lowest BCUT2D eigenvalue weighted by Crippen LogP contribution is -2.45. The Morgan fingerprint density at radius 3 is 2.53 bits per heavy atom. The van der Waals surface area contributed by atoms with Gasteiger partial charge >= 0.3 is 0 Å². The van der Waals surface area contributed by atoms with Crippen molar-refractivity contribution in [2.75, 3.05) is 26.2 Å². The van der Waals surface area contributed by atoms with Crippen LogP contribution in [-0.2, 0) is 4.79 Å². The summed E-state index contributed by atoms with van der Waals surface area (Å²) in [7, 11) is 0. The van der Waals surface area contributed by atoms with Crippen molar-refractivity contribution >= 4 is 5.91 Å². The minimum atomic E-state index is -0.526. The van der Waals surface area contributed by atoms with Gasteiger partial charge in [0.05, 0.1) is 5.54 Å². The summed E-state index contributed by atoms with van der Waals surface area (Å²) in [6, 6.07) is 0. The second kappa shape index (κ2) is 5.47. The third-order valence-electron chi connectivity index (χ3n) is 2.94. The molecule has 0 radical (unpaired) electrons. The van der Waals surface area contributed by atoms with E-state index in [2.05, 4.69) is 24.1 Å². The van der Waals surface area contributed by atoms with Gasteiger partial charge in [0.1, 0.15) is 0 Å². The molecule has 1 rings (SSSR count). The second-order valence-electron chi connectivity index (χ2n) is 4.35. The molecule has 0 atom stereocenters. The lowest BCUT2D eigenvalue weighted by Gasteiger charge is -2.20. The largest absolute Gasteiger partial charge is 0.353 e. The van der Waals surface area contributed by atoms with Crippen molar-refractivity contribution in [3.63, 3.8) is 0 Å². The van der Waals surface area contributed by atoms with Gasteiger partial charge in [0.15, 0.2) is 0 Å². The van der Waals surface area contributed by atoms with Crippen LogP contribution in [0.2, 0.25) is 0 Å². The van der Waals surface area contributed by atoms with Crippen LogP contribution in [0.1, 0.15) is 33.1 Å². The minimum Gasteiger partial charge on any atom is -0.353 e. The highest BCUT2D eigenvalue weighted by Crippen LogP contribution is 2.31. The average molecular weight is 213 g/mol. The van der Waals surface area contributed by atoms with E-state index in [1.807, 2.05) is 0 Å². The monoisotopic (exact) mass is 213 g/mol. The van der Waals surface area contributed by atoms with Crippen LogP contribution >= 0.6 is 0 Å². The van der Waals surface area contributed by atoms with E-state index in [1.165, 1.54) is 0 Å². The first-order chi connectivity index (χ1) is 7.12. The number of amides is 1. The Hall–Kier alpha value is -0.610. The molecule has 1 amide bonds. The van der Waals surface area contributed by atoms with Crippen LogP contribution in [0, 0.1) is 0 Å². The third kappa shape index (κ3) is 3.80. The van der Waals surface area contributed by atoms with Gasteiger partial charge in [-0.3, -0.25) is 4.79 Å². The van der Waals surface area contributed by atoms with Crippen molar-refractivity contribution in [3.8, 4) is 0 Å². The highest BCUT2D eigenvalue weighted by molar-refractivity contribution is 5.88. The highest BCUT2D eigenvalue weighted by atomic mass is 16.2. The van der Waals surface area contributed by atoms with Crippen LogP contribution in [0.15, 0.2) is 0 Å². The molecule has 0 heterocycles. The van der Waals surface area contributed by atoms with E-state index in [1.54, 1.807) is 0 Å². The summed E-state index contributed by atoms with van der Waals surface area (Å²) in [5.74, 6) is 0.0232. The van der Waals surface area contributed by atoms with Gasteiger partial charge in [-0.25, -0.2) is 0 Å². The molecule has 0 spiro atoms. The maximum Gasteiger partial charge on any atom is 0.240 e. The summed E-state index contributed by atoms with van der Waals surface area (Å²) in [6.07, 6.45) is 2.83. The predicted octanol–water partition coefficient (Wildman–Crippen LogP) is 0.326. The molecule has 0 aromatic heterocycles. The van der Waals surface area contributed by atoms with Gasteiger partial charge in [0, 0.05) is 13.1 Å². The first kappa shape index (κ1) is 12.5. The smallest absolute Gasteiger partial charge is 0.240 e. The van der Waals surface area contributed by atoms with E-state index in [0.717, 1.165) is 38.9 Å². The Morgan fingerprint density at radius 2 is 2.07 bits per heavy atom. The van der Waals surface area contributed by atoms with E-state index in [9.17, 15) is 4.79 Å². The van der Waals surface area contributed by atoms with Crippen LogP contribution in [0.25, 0.3) is 0 Å². The fourth-order valence-corrected chi connectivity index (χ4v) is 1.61. The molecular formula is C11H23N3O. The molecule has 1 aliphatic rings. The van der Waals surface area contributed by atoms with Crippen molar-refractivity contribution in [1.82, 2.24) is 10.2 Å². The number of hydrogen-bond acceptors (Lipinski definition) is 3. The Morgan fingerprint density at radius 1 is 1.40 bits per heavy atom. The van der Waals surface area contributed by atoms with Crippen LogP contribution in [0.3, 0.4) is 0 Å². The number of rotatable bonds is 7. The fourth-order valence-electron chi connectivity index (χ4n) is 1.61. The van der Waals surface area contributed by atoms with E-state index in [4.69, 9.17) is 5.73 Å². The van der Waals surface area contributed by atoms with Gasteiger partial charge in [-0.2, -0.15) is 0 Å². The molecule has 15 heavy (non-hydrogen) atoms. The van der Waals surface area contributed by atoms with E-state index in [0.29, 0.717) is 6.54 Å². The van der Waals surface area contributed by atoms with Gasteiger partial charge in [-0.1, -0.05) is 13.8 Å². The van der Waals surface area contributed by atoms with Gasteiger partial charge < -0.3 is 16.0 Å². The lowest BCUT2D eigenvalue weighted by molar-refractivity contribution is -0.123. The zero-order chi connectivity index (χ0) is 11.3. The summed E-state index contributed by atoms with van der Waals surface area (Å²) in [5.41, 5.74) is 5.25. The van der Waals surface area contributed by atoms with Crippen molar-refractivity contribution in [2.45, 2.75) is 38.6 Å². The Bertz CT molecular complexity index is 214. The zero-order valence-corrected chi connectivity index (χ0v) is 9.88. The van der Waals surface area contributed by atoms with Gasteiger partial charge in [-0.05, 0) is 32.4 Å². The second-order valence-corrected chi connectivity index (χ2v) is 4.35. The number of carbonyl (C=O) groups excluding carboxylic acids is 1. The van der Waals surface area contributed by atoms with Gasteiger partial charge in [0.25, 0.3) is 0 Å². The van der Waals surface area contributed by atoms with Crippen LogP contribution < -0.4 is 11.1 Å². The summed E-state index contributed by atoms with van der Waals surface area (Å²) in [5, 5.41) is 2.90. The third-order valence-corrected chi connectivity index (χ3v) is 2.94. The minimum absolute atomic E-state index is 0.0232. The molecule has 1 fully saturated rings. The number of nitrogens with zero attached hydrogens (tertiary/aromatic N) is 1. The molecule has 1 saturated carbocycles. The van der Waals surface area contributed by atoms with Crippen molar-refractivity contribution in [3.05, 3.63) is 0 Å². The number of nitrogens with two attached hydrogens (primary N) is 1. The molecule has 0 aromatic rings. The van der Waals surface area contributed by atoms with E-state index in [-0.39, 0.29) is 5.91 Å². The van der Waals surface area contributed by atoms with Gasteiger partial charge in [-0.15, -0.1) is 0 Å².